The van der Waals surface area contributed by atoms with Crippen LogP contribution in [0.25, 0.3) is 0 Å². The molecule has 2 amide bonds. The molecule has 2 aliphatic heterocycles. The lowest BCUT2D eigenvalue weighted by Gasteiger charge is -2.56. The number of nitrogens with zero attached hydrogens (tertiary/aromatic N) is 2. The number of carbonyl (C=O) groups excluding carboxylic acids is 2. The molecule has 4 fully saturated rings. The number of para-hydroxylation sites is 2. The first kappa shape index (κ1) is 25.7. The van der Waals surface area contributed by atoms with E-state index in [9.17, 15) is 24.3 Å². The maximum absolute atomic E-state index is 13.1. The third kappa shape index (κ3) is 5.23. The smallest absolute Gasteiger partial charge is 0.394 e. The average Bonchev–Trinajstić information content (AvgIpc) is 2.83. The fourth-order valence-corrected chi connectivity index (χ4v) is 8.13. The molecule has 9 heteroatoms. The summed E-state index contributed by atoms with van der Waals surface area (Å²) in [5.74, 6) is -3.12. The molecule has 9 nitrogen and oxygen atoms in total. The number of hydrogen-bond acceptors (Lipinski definition) is 5. The zero-order valence-electron chi connectivity index (χ0n) is 21.3. The summed E-state index contributed by atoms with van der Waals surface area (Å²) in [5.41, 5.74) is 0.341. The molecule has 5 rings (SSSR count). The van der Waals surface area contributed by atoms with Gasteiger partial charge in [0, 0.05) is 24.2 Å². The second-order valence-corrected chi connectivity index (χ2v) is 11.7. The van der Waals surface area contributed by atoms with Crippen LogP contribution in [0, 0.1) is 17.8 Å². The highest BCUT2D eigenvalue weighted by molar-refractivity contribution is 6.39. The minimum atomic E-state index is -1.65. The van der Waals surface area contributed by atoms with Crippen LogP contribution in [0.2, 0.25) is 0 Å². The lowest BCUT2D eigenvalue weighted by molar-refractivity contribution is -0.149. The highest BCUT2D eigenvalue weighted by Gasteiger charge is 2.47. The molecule has 4 aliphatic rings. The zero-order valence-corrected chi connectivity index (χ0v) is 21.3. The Hall–Kier alpha value is -2.94. The predicted molar refractivity (Wildman–Crippen MR) is 137 cm³/mol. The van der Waals surface area contributed by atoms with E-state index >= 15 is 0 Å². The number of nitrogens with one attached hydrogen (secondary N) is 1. The van der Waals surface area contributed by atoms with Crippen molar-refractivity contribution < 1.29 is 29.4 Å². The molecule has 4 bridgehead atoms. The van der Waals surface area contributed by atoms with Crippen molar-refractivity contribution in [3.8, 4) is 0 Å². The van der Waals surface area contributed by atoms with E-state index in [2.05, 4.69) is 17.1 Å². The number of carboxylic acids is 2. The van der Waals surface area contributed by atoms with E-state index in [0.29, 0.717) is 18.9 Å². The van der Waals surface area contributed by atoms with Gasteiger partial charge >= 0.3 is 23.8 Å². The Labute approximate surface area is 217 Å². The van der Waals surface area contributed by atoms with Crippen LogP contribution in [-0.4, -0.2) is 63.0 Å². The molecule has 7 atom stereocenters. The molecular formula is C28H37N3O6. The van der Waals surface area contributed by atoms with Crippen LogP contribution in [0.15, 0.2) is 24.3 Å². The van der Waals surface area contributed by atoms with Crippen molar-refractivity contribution in [3.63, 3.8) is 0 Å². The summed E-state index contributed by atoms with van der Waals surface area (Å²) in [5, 5.41) is 21.1. The van der Waals surface area contributed by atoms with Gasteiger partial charge in [0.2, 0.25) is 0 Å². The van der Waals surface area contributed by atoms with Gasteiger partial charge < -0.3 is 15.5 Å². The van der Waals surface area contributed by atoms with Crippen LogP contribution in [0.1, 0.15) is 71.1 Å². The maximum atomic E-state index is 13.1. The van der Waals surface area contributed by atoms with Crippen LogP contribution in [-0.2, 0) is 19.2 Å². The first-order chi connectivity index (χ1) is 17.7. The van der Waals surface area contributed by atoms with E-state index in [4.69, 9.17) is 5.11 Å². The van der Waals surface area contributed by atoms with Crippen molar-refractivity contribution >= 4 is 35.1 Å². The molecule has 0 aromatic heterocycles. The number of carbonyl (C=O) groups is 4. The largest absolute Gasteiger partial charge is 0.474 e. The standard InChI is InChI=1S/C28H37N3O6/c1-16-9-17-11-18(10-16)13-21(12-17)30-19-5-4-6-20(30)15-22(14-19)31(26(33)28(36)37)24-8-3-2-7-23(24)29-25(32)27(34)35/h2-3,7-8,16-22H,4-6,9-15H2,1H3,(H,29,32)(H,34,35)(H,36,37)/t16-,17-,18+,19-,20+,21+,22+. The fourth-order valence-electron chi connectivity index (χ4n) is 8.13. The van der Waals surface area contributed by atoms with Crippen molar-refractivity contribution in [3.05, 3.63) is 24.3 Å². The Morgan fingerprint density at radius 1 is 0.838 bits per heavy atom. The Morgan fingerprint density at radius 2 is 1.46 bits per heavy atom. The first-order valence-electron chi connectivity index (χ1n) is 13.7. The maximum Gasteiger partial charge on any atom is 0.394 e. The number of carboxylic acid groups (broad SMARTS) is 2. The monoisotopic (exact) mass is 511 g/mol. The Morgan fingerprint density at radius 3 is 2.05 bits per heavy atom. The van der Waals surface area contributed by atoms with Gasteiger partial charge in [0.25, 0.3) is 0 Å². The third-order valence-corrected chi connectivity index (χ3v) is 9.15. The second kappa shape index (κ2) is 10.4. The lowest BCUT2D eigenvalue weighted by atomic mass is 9.65. The molecule has 200 valence electrons. The van der Waals surface area contributed by atoms with Crippen LogP contribution in [0.5, 0.6) is 0 Å². The quantitative estimate of drug-likeness (QED) is 0.526. The molecule has 2 heterocycles. The van der Waals surface area contributed by atoms with Crippen molar-refractivity contribution in [2.24, 2.45) is 17.8 Å². The van der Waals surface area contributed by atoms with Gasteiger partial charge in [-0.2, -0.15) is 0 Å². The first-order valence-corrected chi connectivity index (χ1v) is 13.7. The Balaban J connectivity index is 1.41. The summed E-state index contributed by atoms with van der Waals surface area (Å²) >= 11 is 0. The van der Waals surface area contributed by atoms with Crippen molar-refractivity contribution in [2.45, 2.75) is 95.3 Å². The second-order valence-electron chi connectivity index (χ2n) is 11.7. The van der Waals surface area contributed by atoms with Crippen LogP contribution < -0.4 is 10.2 Å². The number of anilines is 2. The van der Waals surface area contributed by atoms with E-state index < -0.39 is 23.8 Å². The van der Waals surface area contributed by atoms with E-state index in [1.165, 1.54) is 43.1 Å². The minimum Gasteiger partial charge on any atom is -0.474 e. The number of amides is 2. The van der Waals surface area contributed by atoms with Gasteiger partial charge in [-0.15, -0.1) is 0 Å². The zero-order chi connectivity index (χ0) is 26.3. The van der Waals surface area contributed by atoms with Gasteiger partial charge in [0.1, 0.15) is 0 Å². The number of rotatable bonds is 4. The van der Waals surface area contributed by atoms with Crippen LogP contribution in [0.4, 0.5) is 11.4 Å². The van der Waals surface area contributed by atoms with Gasteiger partial charge in [0.05, 0.1) is 11.4 Å². The highest BCUT2D eigenvalue weighted by atomic mass is 16.4. The summed E-state index contributed by atoms with van der Waals surface area (Å²) in [7, 11) is 0. The van der Waals surface area contributed by atoms with Gasteiger partial charge in [-0.3, -0.25) is 19.4 Å². The highest BCUT2D eigenvalue weighted by Crippen LogP contribution is 2.48. The van der Waals surface area contributed by atoms with E-state index in [1.54, 1.807) is 18.2 Å². The van der Waals surface area contributed by atoms with Gasteiger partial charge in [0.15, 0.2) is 0 Å². The molecule has 0 radical (unpaired) electrons. The molecule has 2 saturated carbocycles. The molecule has 3 N–H and O–H groups in total. The van der Waals surface area contributed by atoms with Crippen LogP contribution in [0.3, 0.4) is 0 Å². The summed E-state index contributed by atoms with van der Waals surface area (Å²) in [4.78, 5) is 52.1. The van der Waals surface area contributed by atoms with Gasteiger partial charge in [-0.05, 0) is 87.7 Å². The summed E-state index contributed by atoms with van der Waals surface area (Å²) in [6, 6.07) is 7.11. The summed E-state index contributed by atoms with van der Waals surface area (Å²) < 4.78 is 0. The van der Waals surface area contributed by atoms with E-state index in [1.807, 2.05) is 0 Å². The topological polar surface area (TPSA) is 127 Å². The van der Waals surface area contributed by atoms with Crippen molar-refractivity contribution in [2.75, 3.05) is 10.2 Å². The van der Waals surface area contributed by atoms with E-state index in [-0.39, 0.29) is 29.5 Å². The normalized spacial score (nSPS) is 33.3. The predicted octanol–water partition coefficient (Wildman–Crippen LogP) is 3.73. The Kier molecular flexibility index (Phi) is 7.25. The molecule has 1 aromatic carbocycles. The van der Waals surface area contributed by atoms with Gasteiger partial charge in [-0.1, -0.05) is 25.5 Å². The summed E-state index contributed by atoms with van der Waals surface area (Å²) in [6.45, 7) is 2.38. The molecule has 37 heavy (non-hydrogen) atoms. The molecule has 1 aromatic rings. The minimum absolute atomic E-state index is 0.117. The lowest BCUT2D eigenvalue weighted by Crippen LogP contribution is -2.62. The average molecular weight is 512 g/mol. The van der Waals surface area contributed by atoms with Crippen molar-refractivity contribution in [1.82, 2.24) is 4.90 Å². The number of aliphatic carboxylic acids is 2. The number of hydrogen-bond donors (Lipinski definition) is 3. The number of fused-ring (bicyclic) bond motifs is 4. The molecule has 2 saturated heterocycles. The SMILES string of the molecule is C[C@@H]1C[C@@H]2C[C@H](C1)C[C@@H](N1[C@@H]3CCC[C@H]1C[C@@H](N(C(=O)C(=O)O)c1ccccc1NC(=O)C(=O)O)C3)C2. The van der Waals surface area contributed by atoms with Crippen molar-refractivity contribution in [1.29, 1.82) is 0 Å². The number of piperidine rings is 2. The van der Waals surface area contributed by atoms with Crippen LogP contribution >= 0.6 is 0 Å². The fraction of sp³-hybridized carbons (Fsp3) is 0.643. The Bertz CT molecular complexity index is 1040. The third-order valence-electron chi connectivity index (χ3n) is 9.15. The van der Waals surface area contributed by atoms with Gasteiger partial charge in [-0.25, -0.2) is 9.59 Å². The molecular weight excluding hydrogens is 474 g/mol. The number of benzene rings is 1. The van der Waals surface area contributed by atoms with E-state index in [0.717, 1.165) is 37.0 Å². The molecule has 2 aliphatic carbocycles. The summed E-state index contributed by atoms with van der Waals surface area (Å²) in [6.07, 6.45) is 11.0. The molecule has 0 unspecified atom stereocenters. The molecule has 0 spiro atoms.